The maximum atomic E-state index is 5.84. The van der Waals surface area contributed by atoms with Crippen LogP contribution in [0.5, 0.6) is 11.5 Å². The minimum atomic E-state index is 0.341. The lowest BCUT2D eigenvalue weighted by Gasteiger charge is -2.12. The Morgan fingerprint density at radius 2 is 1.74 bits per heavy atom. The predicted octanol–water partition coefficient (Wildman–Crippen LogP) is 5.28. The standard InChI is InChI=1S/C15H15Br2NO/c1-10(18-2)11-3-6-13(7-4-11)19-15-8-5-12(16)9-14(15)17/h3-10,18H,1-2H3. The number of hydrogen-bond donors (Lipinski definition) is 1. The third-order valence-electron chi connectivity index (χ3n) is 2.93. The fourth-order valence-corrected chi connectivity index (χ4v) is 2.80. The topological polar surface area (TPSA) is 21.3 Å². The Kier molecular flexibility index (Phi) is 5.02. The molecular formula is C15H15Br2NO. The molecule has 0 bridgehead atoms. The van der Waals surface area contributed by atoms with Gasteiger partial charge in [0.15, 0.2) is 0 Å². The summed E-state index contributed by atoms with van der Waals surface area (Å²) in [5, 5.41) is 3.21. The van der Waals surface area contributed by atoms with E-state index in [1.807, 2.05) is 37.4 Å². The summed E-state index contributed by atoms with van der Waals surface area (Å²) in [6.45, 7) is 2.13. The average Bonchev–Trinajstić information content (AvgIpc) is 2.42. The summed E-state index contributed by atoms with van der Waals surface area (Å²) < 4.78 is 7.79. The minimum absolute atomic E-state index is 0.341. The lowest BCUT2D eigenvalue weighted by molar-refractivity contribution is 0.479. The van der Waals surface area contributed by atoms with Crippen LogP contribution in [0.25, 0.3) is 0 Å². The van der Waals surface area contributed by atoms with Gasteiger partial charge in [-0.25, -0.2) is 0 Å². The van der Waals surface area contributed by atoms with E-state index in [1.165, 1.54) is 5.56 Å². The van der Waals surface area contributed by atoms with Crippen LogP contribution in [0.4, 0.5) is 0 Å². The van der Waals surface area contributed by atoms with Crippen LogP contribution in [0.3, 0.4) is 0 Å². The molecular weight excluding hydrogens is 370 g/mol. The van der Waals surface area contributed by atoms with Crippen LogP contribution in [-0.4, -0.2) is 7.05 Å². The highest BCUT2D eigenvalue weighted by molar-refractivity contribution is 9.11. The summed E-state index contributed by atoms with van der Waals surface area (Å²) in [6.07, 6.45) is 0. The third-order valence-corrected chi connectivity index (χ3v) is 4.05. The molecule has 1 unspecified atom stereocenters. The van der Waals surface area contributed by atoms with Crippen molar-refractivity contribution < 1.29 is 4.74 Å². The van der Waals surface area contributed by atoms with Gasteiger partial charge >= 0.3 is 0 Å². The highest BCUT2D eigenvalue weighted by atomic mass is 79.9. The van der Waals surface area contributed by atoms with Crippen molar-refractivity contribution in [3.05, 3.63) is 57.0 Å². The van der Waals surface area contributed by atoms with Crippen molar-refractivity contribution >= 4 is 31.9 Å². The maximum Gasteiger partial charge on any atom is 0.141 e. The maximum absolute atomic E-state index is 5.84. The summed E-state index contributed by atoms with van der Waals surface area (Å²) in [4.78, 5) is 0. The van der Waals surface area contributed by atoms with Crippen molar-refractivity contribution in [1.29, 1.82) is 0 Å². The first-order valence-electron chi connectivity index (χ1n) is 6.00. The molecule has 2 rings (SSSR count). The second-order valence-corrected chi connectivity index (χ2v) is 6.03. The van der Waals surface area contributed by atoms with E-state index in [-0.39, 0.29) is 0 Å². The van der Waals surface area contributed by atoms with Gasteiger partial charge in [0, 0.05) is 10.5 Å². The molecule has 1 N–H and O–H groups in total. The molecule has 2 aromatic rings. The first-order chi connectivity index (χ1) is 9.10. The quantitative estimate of drug-likeness (QED) is 0.773. The van der Waals surface area contributed by atoms with E-state index in [0.717, 1.165) is 20.4 Å². The van der Waals surface area contributed by atoms with E-state index < -0.39 is 0 Å². The van der Waals surface area contributed by atoms with Crippen LogP contribution < -0.4 is 10.1 Å². The number of rotatable bonds is 4. The second kappa shape index (κ2) is 6.55. The number of ether oxygens (including phenoxy) is 1. The molecule has 0 aliphatic carbocycles. The molecule has 0 aromatic heterocycles. The molecule has 2 nitrogen and oxygen atoms in total. The summed E-state index contributed by atoms with van der Waals surface area (Å²) in [6, 6.07) is 14.3. The van der Waals surface area contributed by atoms with Crippen LogP contribution >= 0.6 is 31.9 Å². The van der Waals surface area contributed by atoms with Crippen LogP contribution in [0.1, 0.15) is 18.5 Å². The van der Waals surface area contributed by atoms with Gasteiger partial charge < -0.3 is 10.1 Å². The van der Waals surface area contributed by atoms with E-state index in [2.05, 4.69) is 56.2 Å². The van der Waals surface area contributed by atoms with Gasteiger partial charge in [-0.05, 0) is 65.8 Å². The zero-order valence-electron chi connectivity index (χ0n) is 10.8. The van der Waals surface area contributed by atoms with Crippen LogP contribution in [-0.2, 0) is 0 Å². The molecule has 4 heteroatoms. The van der Waals surface area contributed by atoms with Gasteiger partial charge in [0.1, 0.15) is 11.5 Å². The van der Waals surface area contributed by atoms with Crippen molar-refractivity contribution in [2.45, 2.75) is 13.0 Å². The summed E-state index contributed by atoms with van der Waals surface area (Å²) in [7, 11) is 1.95. The van der Waals surface area contributed by atoms with Crippen molar-refractivity contribution in [3.8, 4) is 11.5 Å². The minimum Gasteiger partial charge on any atom is -0.456 e. The molecule has 19 heavy (non-hydrogen) atoms. The predicted molar refractivity (Wildman–Crippen MR) is 85.8 cm³/mol. The number of nitrogens with one attached hydrogen (secondary N) is 1. The lowest BCUT2D eigenvalue weighted by Crippen LogP contribution is -2.11. The Labute approximate surface area is 130 Å². The van der Waals surface area contributed by atoms with Gasteiger partial charge in [-0.1, -0.05) is 28.1 Å². The Bertz CT molecular complexity index is 555. The molecule has 0 radical (unpaired) electrons. The SMILES string of the molecule is CNC(C)c1ccc(Oc2ccc(Br)cc2Br)cc1. The van der Waals surface area contributed by atoms with Crippen molar-refractivity contribution in [3.63, 3.8) is 0 Å². The number of benzene rings is 2. The fraction of sp³-hybridized carbons (Fsp3) is 0.200. The summed E-state index contributed by atoms with van der Waals surface area (Å²) in [5.74, 6) is 1.63. The van der Waals surface area contributed by atoms with Crippen molar-refractivity contribution in [2.24, 2.45) is 0 Å². The zero-order valence-corrected chi connectivity index (χ0v) is 14.0. The van der Waals surface area contributed by atoms with Crippen LogP contribution in [0, 0.1) is 0 Å². The van der Waals surface area contributed by atoms with Gasteiger partial charge in [0.2, 0.25) is 0 Å². The largest absolute Gasteiger partial charge is 0.456 e. The zero-order chi connectivity index (χ0) is 13.8. The molecule has 0 aliphatic heterocycles. The molecule has 0 saturated heterocycles. The molecule has 0 aliphatic rings. The van der Waals surface area contributed by atoms with Crippen molar-refractivity contribution in [1.82, 2.24) is 5.32 Å². The van der Waals surface area contributed by atoms with E-state index in [4.69, 9.17) is 4.74 Å². The molecule has 0 amide bonds. The first-order valence-corrected chi connectivity index (χ1v) is 7.59. The Balaban J connectivity index is 2.15. The molecule has 0 heterocycles. The molecule has 100 valence electrons. The Morgan fingerprint density at radius 1 is 1.05 bits per heavy atom. The molecule has 2 aromatic carbocycles. The summed E-state index contributed by atoms with van der Waals surface area (Å²) in [5.41, 5.74) is 1.24. The van der Waals surface area contributed by atoms with E-state index in [1.54, 1.807) is 0 Å². The molecule has 0 fully saturated rings. The normalized spacial score (nSPS) is 12.2. The summed E-state index contributed by atoms with van der Waals surface area (Å²) >= 11 is 6.91. The van der Waals surface area contributed by atoms with Gasteiger partial charge in [-0.15, -0.1) is 0 Å². The molecule has 0 saturated carbocycles. The second-order valence-electron chi connectivity index (χ2n) is 4.26. The lowest BCUT2D eigenvalue weighted by atomic mass is 10.1. The van der Waals surface area contributed by atoms with Crippen LogP contribution in [0.2, 0.25) is 0 Å². The third kappa shape index (κ3) is 3.81. The van der Waals surface area contributed by atoms with E-state index in [9.17, 15) is 0 Å². The van der Waals surface area contributed by atoms with Gasteiger partial charge in [-0.3, -0.25) is 0 Å². The monoisotopic (exact) mass is 383 g/mol. The van der Waals surface area contributed by atoms with E-state index >= 15 is 0 Å². The Morgan fingerprint density at radius 3 is 2.32 bits per heavy atom. The highest BCUT2D eigenvalue weighted by Gasteiger charge is 2.05. The van der Waals surface area contributed by atoms with E-state index in [0.29, 0.717) is 6.04 Å². The smallest absolute Gasteiger partial charge is 0.141 e. The van der Waals surface area contributed by atoms with Gasteiger partial charge in [0.25, 0.3) is 0 Å². The van der Waals surface area contributed by atoms with Crippen LogP contribution in [0.15, 0.2) is 51.4 Å². The highest BCUT2D eigenvalue weighted by Crippen LogP contribution is 2.32. The van der Waals surface area contributed by atoms with Crippen molar-refractivity contribution in [2.75, 3.05) is 7.05 Å². The molecule has 1 atom stereocenters. The fourth-order valence-electron chi connectivity index (χ4n) is 1.68. The Hall–Kier alpha value is -0.840. The average molecular weight is 385 g/mol. The first kappa shape index (κ1) is 14.6. The van der Waals surface area contributed by atoms with Gasteiger partial charge in [-0.2, -0.15) is 0 Å². The number of hydrogen-bond acceptors (Lipinski definition) is 2. The molecule has 0 spiro atoms. The number of halogens is 2. The van der Waals surface area contributed by atoms with Gasteiger partial charge in [0.05, 0.1) is 4.47 Å².